The van der Waals surface area contributed by atoms with Gasteiger partial charge in [0.15, 0.2) is 0 Å². The van der Waals surface area contributed by atoms with E-state index in [-0.39, 0.29) is 11.7 Å². The van der Waals surface area contributed by atoms with Crippen LogP contribution in [0.15, 0.2) is 12.4 Å². The van der Waals surface area contributed by atoms with Crippen LogP contribution < -0.4 is 10.0 Å². The molecule has 0 aromatic carbocycles. The second kappa shape index (κ2) is 6.33. The summed E-state index contributed by atoms with van der Waals surface area (Å²) in [6.07, 6.45) is 3.72. The normalized spacial score (nSPS) is 11.3. The van der Waals surface area contributed by atoms with Crippen molar-refractivity contribution in [3.8, 4) is 0 Å². The number of rotatable bonds is 7. The fourth-order valence-corrected chi connectivity index (χ4v) is 1.88. The predicted molar refractivity (Wildman–Crippen MR) is 60.4 cm³/mol. The highest BCUT2D eigenvalue weighted by molar-refractivity contribution is 7.92. The summed E-state index contributed by atoms with van der Waals surface area (Å²) in [5.41, 5.74) is 0. The maximum absolute atomic E-state index is 11.5. The maximum atomic E-state index is 11.5. The van der Waals surface area contributed by atoms with Gasteiger partial charge >= 0.3 is 0 Å². The third-order valence-electron chi connectivity index (χ3n) is 1.70. The van der Waals surface area contributed by atoms with Crippen molar-refractivity contribution in [2.24, 2.45) is 0 Å². The summed E-state index contributed by atoms with van der Waals surface area (Å²) in [6, 6.07) is 0. The van der Waals surface area contributed by atoms with Gasteiger partial charge < -0.3 is 5.32 Å². The molecule has 1 rings (SSSR count). The molecule has 0 aliphatic rings. The fraction of sp³-hybridized carbons (Fsp3) is 0.625. The third kappa shape index (κ3) is 4.99. The van der Waals surface area contributed by atoms with Crippen molar-refractivity contribution in [1.29, 1.82) is 0 Å². The van der Waals surface area contributed by atoms with E-state index in [9.17, 15) is 8.42 Å². The van der Waals surface area contributed by atoms with E-state index in [0.29, 0.717) is 6.54 Å². The summed E-state index contributed by atoms with van der Waals surface area (Å²) in [4.78, 5) is 3.72. The summed E-state index contributed by atoms with van der Waals surface area (Å²) in [7, 11) is -3.39. The lowest BCUT2D eigenvalue weighted by Gasteiger charge is -2.06. The molecule has 8 heteroatoms. The van der Waals surface area contributed by atoms with Crippen LogP contribution in [0.1, 0.15) is 13.3 Å². The Morgan fingerprint density at radius 2 is 2.12 bits per heavy atom. The molecule has 1 aromatic rings. The van der Waals surface area contributed by atoms with E-state index in [1.165, 1.54) is 12.4 Å². The van der Waals surface area contributed by atoms with Crippen molar-refractivity contribution >= 4 is 16.0 Å². The molecular weight excluding hydrogens is 230 g/mol. The molecule has 7 nitrogen and oxygen atoms in total. The van der Waals surface area contributed by atoms with Gasteiger partial charge in [0.2, 0.25) is 10.0 Å². The van der Waals surface area contributed by atoms with Crippen LogP contribution >= 0.6 is 0 Å². The van der Waals surface area contributed by atoms with Crippen molar-refractivity contribution in [3.63, 3.8) is 0 Å². The Labute approximate surface area is 94.7 Å². The highest BCUT2D eigenvalue weighted by Gasteiger charge is 2.11. The van der Waals surface area contributed by atoms with Gasteiger partial charge in [0.05, 0.1) is 18.1 Å². The number of hydrogen-bond acceptors (Lipinski definition) is 6. The molecule has 0 atom stereocenters. The largest absolute Gasteiger partial charge is 0.316 e. The first-order valence-electron chi connectivity index (χ1n) is 4.99. The molecule has 0 aliphatic carbocycles. The zero-order valence-corrected chi connectivity index (χ0v) is 9.87. The van der Waals surface area contributed by atoms with E-state index in [1.807, 2.05) is 6.92 Å². The quantitative estimate of drug-likeness (QED) is 0.635. The van der Waals surface area contributed by atoms with Gasteiger partial charge in [-0.2, -0.15) is 5.10 Å². The molecule has 2 N–H and O–H groups in total. The molecule has 0 amide bonds. The van der Waals surface area contributed by atoms with Crippen LogP contribution in [-0.4, -0.2) is 42.4 Å². The van der Waals surface area contributed by atoms with Gasteiger partial charge in [0, 0.05) is 6.54 Å². The third-order valence-corrected chi connectivity index (χ3v) is 2.94. The second-order valence-corrected chi connectivity index (χ2v) is 4.98. The van der Waals surface area contributed by atoms with Gasteiger partial charge in [0.25, 0.3) is 5.95 Å². The molecule has 0 radical (unpaired) electrons. The lowest BCUT2D eigenvalue weighted by molar-refractivity contribution is 0.595. The van der Waals surface area contributed by atoms with Crippen molar-refractivity contribution < 1.29 is 8.42 Å². The van der Waals surface area contributed by atoms with Crippen LogP contribution in [0, 0.1) is 0 Å². The molecule has 0 bridgehead atoms. The molecule has 1 aromatic heterocycles. The van der Waals surface area contributed by atoms with Gasteiger partial charge in [-0.25, -0.2) is 18.1 Å². The molecule has 0 fully saturated rings. The Kier molecular flexibility index (Phi) is 5.06. The summed E-state index contributed by atoms with van der Waals surface area (Å²) in [5.74, 6) is -0.0105. The van der Waals surface area contributed by atoms with Gasteiger partial charge in [0.1, 0.15) is 0 Å². The van der Waals surface area contributed by atoms with Gasteiger partial charge in [-0.05, 0) is 13.0 Å². The number of anilines is 1. The minimum absolute atomic E-state index is 0.00186. The number of sulfonamides is 1. The Hall–Kier alpha value is -1.28. The minimum atomic E-state index is -3.39. The smallest absolute Gasteiger partial charge is 0.256 e. The van der Waals surface area contributed by atoms with E-state index in [2.05, 4.69) is 25.2 Å². The van der Waals surface area contributed by atoms with E-state index in [0.717, 1.165) is 13.0 Å². The van der Waals surface area contributed by atoms with Crippen LogP contribution in [0.4, 0.5) is 5.95 Å². The number of nitrogens with one attached hydrogen (secondary N) is 2. The first-order valence-corrected chi connectivity index (χ1v) is 6.64. The average molecular weight is 245 g/mol. The van der Waals surface area contributed by atoms with Crippen molar-refractivity contribution in [3.05, 3.63) is 12.4 Å². The molecule has 16 heavy (non-hydrogen) atoms. The molecule has 1 heterocycles. The first kappa shape index (κ1) is 12.8. The van der Waals surface area contributed by atoms with E-state index in [4.69, 9.17) is 0 Å². The summed E-state index contributed by atoms with van der Waals surface area (Å²) in [6.45, 7) is 3.23. The summed E-state index contributed by atoms with van der Waals surface area (Å²) < 4.78 is 25.3. The number of hydrogen-bond donors (Lipinski definition) is 2. The minimum Gasteiger partial charge on any atom is -0.316 e. The van der Waals surface area contributed by atoms with Crippen LogP contribution in [0.3, 0.4) is 0 Å². The summed E-state index contributed by atoms with van der Waals surface area (Å²) >= 11 is 0. The SMILES string of the molecule is CCCNCCS(=O)(=O)Nc1nccnn1. The maximum Gasteiger partial charge on any atom is 0.256 e. The molecular formula is C8H15N5O2S. The highest BCUT2D eigenvalue weighted by Crippen LogP contribution is 1.97. The predicted octanol–water partition coefficient (Wildman–Crippen LogP) is -0.387. The molecule has 0 spiro atoms. The topological polar surface area (TPSA) is 96.9 Å². The van der Waals surface area contributed by atoms with Crippen LogP contribution in [0.25, 0.3) is 0 Å². The van der Waals surface area contributed by atoms with Crippen molar-refractivity contribution in [1.82, 2.24) is 20.5 Å². The molecule has 90 valence electrons. The lowest BCUT2D eigenvalue weighted by atomic mass is 10.5. The van der Waals surface area contributed by atoms with Gasteiger partial charge in [-0.1, -0.05) is 6.92 Å². The molecule has 0 saturated carbocycles. The molecule has 0 unspecified atom stereocenters. The number of aromatic nitrogens is 3. The van der Waals surface area contributed by atoms with Gasteiger partial charge in [-0.3, -0.25) is 0 Å². The Morgan fingerprint density at radius 3 is 2.75 bits per heavy atom. The Bertz CT molecular complexity index is 394. The average Bonchev–Trinajstić information content (AvgIpc) is 2.25. The molecule has 0 saturated heterocycles. The Morgan fingerprint density at radius 1 is 1.31 bits per heavy atom. The van der Waals surface area contributed by atoms with Crippen molar-refractivity contribution in [2.45, 2.75) is 13.3 Å². The number of nitrogens with zero attached hydrogens (tertiary/aromatic N) is 3. The van der Waals surface area contributed by atoms with Crippen LogP contribution in [0.2, 0.25) is 0 Å². The van der Waals surface area contributed by atoms with Crippen LogP contribution in [0.5, 0.6) is 0 Å². The van der Waals surface area contributed by atoms with E-state index >= 15 is 0 Å². The first-order chi connectivity index (χ1) is 7.64. The van der Waals surface area contributed by atoms with Crippen molar-refractivity contribution in [2.75, 3.05) is 23.6 Å². The highest BCUT2D eigenvalue weighted by atomic mass is 32.2. The standard InChI is InChI=1S/C8H15N5O2S/c1-2-3-9-6-7-16(14,15)13-8-10-4-5-11-12-8/h4-5,9H,2-3,6-7H2,1H3,(H,10,12,13). The second-order valence-electron chi connectivity index (χ2n) is 3.14. The fourth-order valence-electron chi connectivity index (χ4n) is 0.993. The Balaban J connectivity index is 2.40. The molecule has 0 aliphatic heterocycles. The van der Waals surface area contributed by atoms with Gasteiger partial charge in [-0.15, -0.1) is 5.10 Å². The zero-order valence-electron chi connectivity index (χ0n) is 9.05. The lowest BCUT2D eigenvalue weighted by Crippen LogP contribution is -2.27. The summed E-state index contributed by atoms with van der Waals surface area (Å²) in [5, 5.41) is 10.1. The van der Waals surface area contributed by atoms with E-state index in [1.54, 1.807) is 0 Å². The monoisotopic (exact) mass is 245 g/mol. The van der Waals surface area contributed by atoms with Crippen LogP contribution in [-0.2, 0) is 10.0 Å². The van der Waals surface area contributed by atoms with E-state index < -0.39 is 10.0 Å². The zero-order chi connectivity index (χ0) is 11.9.